The highest BCUT2D eigenvalue weighted by Crippen LogP contribution is 2.26. The lowest BCUT2D eigenvalue weighted by Gasteiger charge is -2.09. The van der Waals surface area contributed by atoms with E-state index in [1.165, 1.54) is 11.8 Å². The van der Waals surface area contributed by atoms with Crippen molar-refractivity contribution in [2.24, 2.45) is 5.73 Å². The molecule has 106 valence electrons. The maximum atomic E-state index is 5.96. The molecule has 2 aromatic heterocycles. The molecule has 0 aliphatic heterocycles. The van der Waals surface area contributed by atoms with E-state index in [2.05, 4.69) is 21.9 Å². The van der Waals surface area contributed by atoms with Gasteiger partial charge in [0.2, 0.25) is 0 Å². The van der Waals surface area contributed by atoms with E-state index >= 15 is 0 Å². The van der Waals surface area contributed by atoms with Crippen molar-refractivity contribution in [3.05, 3.63) is 41.0 Å². The average molecular weight is 288 g/mol. The Bertz CT molecular complexity index is 572. The van der Waals surface area contributed by atoms with Crippen LogP contribution in [0.2, 0.25) is 0 Å². The number of hydrogen-bond donors (Lipinski definition) is 1. The van der Waals surface area contributed by atoms with Crippen LogP contribution in [0.4, 0.5) is 0 Å². The van der Waals surface area contributed by atoms with Crippen molar-refractivity contribution in [2.45, 2.75) is 50.2 Å². The Morgan fingerprint density at radius 3 is 2.30 bits per heavy atom. The number of nitrogens with two attached hydrogens (primary N) is 1. The zero-order valence-electron chi connectivity index (χ0n) is 12.3. The lowest BCUT2D eigenvalue weighted by atomic mass is 10.1. The summed E-state index contributed by atoms with van der Waals surface area (Å²) in [5.41, 5.74) is 10.1. The summed E-state index contributed by atoms with van der Waals surface area (Å²) in [6.45, 7) is 8.12. The highest BCUT2D eigenvalue weighted by atomic mass is 32.2. The number of pyridine rings is 1. The molecule has 2 aromatic rings. The summed E-state index contributed by atoms with van der Waals surface area (Å²) in [5, 5.41) is 0.764. The monoisotopic (exact) mass is 288 g/mol. The molecule has 2 N–H and O–H groups in total. The van der Waals surface area contributed by atoms with Crippen LogP contribution in [0.5, 0.6) is 0 Å². The summed E-state index contributed by atoms with van der Waals surface area (Å²) in [4.78, 5) is 14.4. The van der Waals surface area contributed by atoms with Crippen molar-refractivity contribution >= 4 is 11.8 Å². The third-order valence-corrected chi connectivity index (χ3v) is 4.24. The van der Waals surface area contributed by atoms with E-state index in [0.717, 1.165) is 39.1 Å². The van der Waals surface area contributed by atoms with Crippen molar-refractivity contribution in [3.8, 4) is 0 Å². The highest BCUT2D eigenvalue weighted by Gasteiger charge is 2.08. The van der Waals surface area contributed by atoms with E-state index in [1.807, 2.05) is 39.1 Å². The number of aromatic nitrogens is 3. The van der Waals surface area contributed by atoms with Gasteiger partial charge < -0.3 is 5.73 Å². The van der Waals surface area contributed by atoms with Crippen molar-refractivity contribution in [2.75, 3.05) is 0 Å². The van der Waals surface area contributed by atoms with Crippen LogP contribution in [0.25, 0.3) is 0 Å². The summed E-state index contributed by atoms with van der Waals surface area (Å²) in [6, 6.07) is 4.01. The van der Waals surface area contributed by atoms with Crippen LogP contribution < -0.4 is 5.73 Å². The largest absolute Gasteiger partial charge is 0.323 e. The summed E-state index contributed by atoms with van der Waals surface area (Å²) in [7, 11) is 0. The molecule has 0 fully saturated rings. The molecule has 4 nitrogen and oxygen atoms in total. The van der Waals surface area contributed by atoms with Crippen molar-refractivity contribution in [3.63, 3.8) is 0 Å². The second-order valence-corrected chi connectivity index (χ2v) is 5.88. The molecule has 0 aliphatic carbocycles. The Morgan fingerprint density at radius 2 is 1.80 bits per heavy atom. The molecule has 2 rings (SSSR count). The van der Waals surface area contributed by atoms with Gasteiger partial charge in [-0.15, -0.1) is 0 Å². The second kappa shape index (κ2) is 6.33. The molecular weight excluding hydrogens is 268 g/mol. The van der Waals surface area contributed by atoms with E-state index in [0.29, 0.717) is 0 Å². The van der Waals surface area contributed by atoms with Gasteiger partial charge in [0.25, 0.3) is 0 Å². The van der Waals surface area contributed by atoms with Crippen molar-refractivity contribution < 1.29 is 0 Å². The molecular formula is C15H20N4S. The molecule has 5 heteroatoms. The minimum atomic E-state index is 0.00848. The molecule has 0 saturated carbocycles. The van der Waals surface area contributed by atoms with Gasteiger partial charge in [0.15, 0.2) is 5.16 Å². The van der Waals surface area contributed by atoms with Crippen LogP contribution in [-0.2, 0) is 0 Å². The molecule has 0 saturated heterocycles. The van der Waals surface area contributed by atoms with E-state index in [9.17, 15) is 0 Å². The van der Waals surface area contributed by atoms with Crippen LogP contribution in [0.15, 0.2) is 28.4 Å². The van der Waals surface area contributed by atoms with Gasteiger partial charge in [0.05, 0.1) is 5.69 Å². The maximum absolute atomic E-state index is 5.96. The smallest absolute Gasteiger partial charge is 0.192 e. The molecule has 0 aromatic carbocycles. The number of rotatable bonds is 4. The normalized spacial score (nSPS) is 12.4. The first-order valence-corrected chi connectivity index (χ1v) is 7.54. The first-order chi connectivity index (χ1) is 9.51. The minimum Gasteiger partial charge on any atom is -0.323 e. The maximum Gasteiger partial charge on any atom is 0.192 e. The van der Waals surface area contributed by atoms with Crippen LogP contribution in [0.3, 0.4) is 0 Å². The summed E-state index contributed by atoms with van der Waals surface area (Å²) in [6.07, 6.45) is 2.72. The Morgan fingerprint density at radius 1 is 1.15 bits per heavy atom. The summed E-state index contributed by atoms with van der Waals surface area (Å²) < 4.78 is 0. The van der Waals surface area contributed by atoms with Gasteiger partial charge in [0, 0.05) is 28.5 Å². The Kier molecular flexibility index (Phi) is 4.73. The van der Waals surface area contributed by atoms with E-state index in [-0.39, 0.29) is 6.04 Å². The molecule has 0 amide bonds. The van der Waals surface area contributed by atoms with Gasteiger partial charge in [-0.25, -0.2) is 9.97 Å². The zero-order valence-corrected chi connectivity index (χ0v) is 13.2. The average Bonchev–Trinajstić information content (AvgIpc) is 2.44. The van der Waals surface area contributed by atoms with Crippen LogP contribution in [-0.4, -0.2) is 15.0 Å². The molecule has 0 radical (unpaired) electrons. The predicted molar refractivity (Wildman–Crippen MR) is 81.8 cm³/mol. The molecule has 1 atom stereocenters. The van der Waals surface area contributed by atoms with Gasteiger partial charge in [-0.3, -0.25) is 4.98 Å². The molecule has 20 heavy (non-hydrogen) atoms. The van der Waals surface area contributed by atoms with E-state index in [4.69, 9.17) is 5.73 Å². The number of aryl methyl sites for hydroxylation is 2. The van der Waals surface area contributed by atoms with Gasteiger partial charge in [0.1, 0.15) is 0 Å². The highest BCUT2D eigenvalue weighted by molar-refractivity contribution is 7.99. The van der Waals surface area contributed by atoms with Crippen LogP contribution in [0.1, 0.15) is 42.0 Å². The first kappa shape index (κ1) is 14.9. The molecule has 0 aliphatic rings. The standard InChI is InChI=1S/C15H20N4S/c1-5-13(16)14-7-6-12(8-17-14)20-15-18-10(3)9(2)11(4)19-15/h6-8,13H,5,16H2,1-4H3/t13-/m0/s1. The fourth-order valence-electron chi connectivity index (χ4n) is 1.77. The second-order valence-electron chi connectivity index (χ2n) is 4.84. The lowest BCUT2D eigenvalue weighted by molar-refractivity contribution is 0.674. The minimum absolute atomic E-state index is 0.00848. The SMILES string of the molecule is CC[C@H](N)c1ccc(Sc2nc(C)c(C)c(C)n2)cn1. The number of hydrogen-bond acceptors (Lipinski definition) is 5. The Balaban J connectivity index is 2.18. The van der Waals surface area contributed by atoms with Gasteiger partial charge >= 0.3 is 0 Å². The number of nitrogens with zero attached hydrogens (tertiary/aromatic N) is 3. The van der Waals surface area contributed by atoms with Crippen molar-refractivity contribution in [1.82, 2.24) is 15.0 Å². The predicted octanol–water partition coefficient (Wildman–Crippen LogP) is 3.36. The zero-order chi connectivity index (χ0) is 14.7. The van der Waals surface area contributed by atoms with Crippen LogP contribution >= 0.6 is 11.8 Å². The first-order valence-electron chi connectivity index (χ1n) is 6.72. The van der Waals surface area contributed by atoms with Gasteiger partial charge in [-0.05, 0) is 56.7 Å². The van der Waals surface area contributed by atoms with E-state index < -0.39 is 0 Å². The summed E-state index contributed by atoms with van der Waals surface area (Å²) >= 11 is 1.53. The molecule has 0 unspecified atom stereocenters. The molecule has 0 spiro atoms. The lowest BCUT2D eigenvalue weighted by Crippen LogP contribution is -2.10. The molecule has 2 heterocycles. The fraction of sp³-hybridized carbons (Fsp3) is 0.400. The van der Waals surface area contributed by atoms with Gasteiger partial charge in [-0.2, -0.15) is 0 Å². The fourth-order valence-corrected chi connectivity index (χ4v) is 2.59. The Hall–Kier alpha value is -1.46. The quantitative estimate of drug-likeness (QED) is 0.874. The third-order valence-electron chi connectivity index (χ3n) is 3.40. The topological polar surface area (TPSA) is 64.7 Å². The molecule has 0 bridgehead atoms. The van der Waals surface area contributed by atoms with Gasteiger partial charge in [-0.1, -0.05) is 6.92 Å². The van der Waals surface area contributed by atoms with Crippen LogP contribution in [0, 0.1) is 20.8 Å². The summed E-state index contributed by atoms with van der Waals surface area (Å²) in [5.74, 6) is 0. The third kappa shape index (κ3) is 3.35. The van der Waals surface area contributed by atoms with Crippen molar-refractivity contribution in [1.29, 1.82) is 0 Å². The van der Waals surface area contributed by atoms with E-state index in [1.54, 1.807) is 0 Å². The Labute approximate surface area is 124 Å².